The van der Waals surface area contributed by atoms with Crippen LogP contribution in [-0.2, 0) is 0 Å². The van der Waals surface area contributed by atoms with Crippen molar-refractivity contribution in [3.05, 3.63) is 12.2 Å². The molecule has 1 saturated carbocycles. The second-order valence-electron chi connectivity index (χ2n) is 4.93. The highest BCUT2D eigenvalue weighted by atomic mass is 14.9. The maximum absolute atomic E-state index is 4.04. The fourth-order valence-corrected chi connectivity index (χ4v) is 3.00. The summed E-state index contributed by atoms with van der Waals surface area (Å²) in [6.07, 6.45) is 8.10. The second-order valence-corrected chi connectivity index (χ2v) is 4.93. The Kier molecular flexibility index (Phi) is 4.18. The van der Waals surface area contributed by atoms with Crippen molar-refractivity contribution >= 4 is 0 Å². The number of nitrogens with one attached hydrogen (secondary N) is 1. The molecule has 0 aromatic carbocycles. The molecule has 0 amide bonds. The number of hydrogen-bond donors (Lipinski definition) is 1. The molecule has 0 saturated heterocycles. The molecule has 1 aliphatic rings. The lowest BCUT2D eigenvalue weighted by Crippen LogP contribution is -2.41. The van der Waals surface area contributed by atoms with E-state index in [1.165, 1.54) is 37.7 Å². The molecule has 1 heteroatoms. The maximum atomic E-state index is 4.04. The van der Waals surface area contributed by atoms with E-state index in [-0.39, 0.29) is 0 Å². The minimum absolute atomic E-state index is 0.563. The molecule has 0 aromatic rings. The first kappa shape index (κ1) is 11.8. The molecular formula is C13H25N. The highest BCUT2D eigenvalue weighted by molar-refractivity contribution is 5.01. The maximum Gasteiger partial charge on any atom is 0.0157 e. The number of hydrogen-bond acceptors (Lipinski definition) is 1. The van der Waals surface area contributed by atoms with Crippen molar-refractivity contribution in [3.8, 4) is 0 Å². The average molecular weight is 195 g/mol. The number of rotatable bonds is 5. The summed E-state index contributed by atoms with van der Waals surface area (Å²) in [6.45, 7) is 8.52. The Bertz CT molecular complexity index is 189. The van der Waals surface area contributed by atoms with Crippen LogP contribution in [0.2, 0.25) is 0 Å². The summed E-state index contributed by atoms with van der Waals surface area (Å²) in [5, 5.41) is 3.51. The van der Waals surface area contributed by atoms with Gasteiger partial charge in [-0.25, -0.2) is 0 Å². The summed E-state index contributed by atoms with van der Waals surface area (Å²) in [5.41, 5.74) is 1.87. The molecule has 1 atom stereocenters. The van der Waals surface area contributed by atoms with Gasteiger partial charge in [0.2, 0.25) is 0 Å². The van der Waals surface area contributed by atoms with Crippen LogP contribution in [0.1, 0.15) is 52.4 Å². The van der Waals surface area contributed by atoms with E-state index < -0.39 is 0 Å². The van der Waals surface area contributed by atoms with Crippen molar-refractivity contribution in [3.63, 3.8) is 0 Å². The Hall–Kier alpha value is -0.300. The van der Waals surface area contributed by atoms with Crippen LogP contribution in [0.3, 0.4) is 0 Å². The largest absolute Gasteiger partial charge is 0.316 e. The van der Waals surface area contributed by atoms with E-state index >= 15 is 0 Å². The fourth-order valence-electron chi connectivity index (χ4n) is 3.00. The second kappa shape index (κ2) is 4.97. The first-order chi connectivity index (χ1) is 6.64. The lowest BCUT2D eigenvalue weighted by Gasteiger charge is -2.37. The summed E-state index contributed by atoms with van der Waals surface area (Å²) >= 11 is 0. The molecule has 1 fully saturated rings. The van der Waals surface area contributed by atoms with Crippen LogP contribution in [-0.4, -0.2) is 13.1 Å². The zero-order chi connectivity index (χ0) is 10.6. The first-order valence-electron chi connectivity index (χ1n) is 5.96. The van der Waals surface area contributed by atoms with Crippen molar-refractivity contribution < 1.29 is 0 Å². The highest BCUT2D eigenvalue weighted by Crippen LogP contribution is 2.45. The minimum atomic E-state index is 0.563. The summed E-state index contributed by atoms with van der Waals surface area (Å²) in [5.74, 6) is 0. The fraction of sp³-hybridized carbons (Fsp3) is 0.846. The van der Waals surface area contributed by atoms with Crippen molar-refractivity contribution in [2.45, 2.75) is 58.4 Å². The van der Waals surface area contributed by atoms with Gasteiger partial charge in [-0.15, -0.1) is 6.58 Å². The summed E-state index contributed by atoms with van der Waals surface area (Å²) in [7, 11) is 2.10. The summed E-state index contributed by atoms with van der Waals surface area (Å²) in [6, 6.07) is 0.646. The molecule has 82 valence electrons. The Morgan fingerprint density at radius 1 is 1.43 bits per heavy atom. The van der Waals surface area contributed by atoms with E-state index in [2.05, 4.69) is 32.8 Å². The topological polar surface area (TPSA) is 12.0 Å². The smallest absolute Gasteiger partial charge is 0.0157 e. The van der Waals surface area contributed by atoms with Crippen LogP contribution >= 0.6 is 0 Å². The van der Waals surface area contributed by atoms with Crippen molar-refractivity contribution in [1.82, 2.24) is 5.32 Å². The van der Waals surface area contributed by atoms with Crippen LogP contribution in [0.4, 0.5) is 0 Å². The third kappa shape index (κ3) is 2.38. The Morgan fingerprint density at radius 2 is 2.00 bits per heavy atom. The van der Waals surface area contributed by atoms with Crippen LogP contribution in [0.5, 0.6) is 0 Å². The molecule has 1 rings (SSSR count). The van der Waals surface area contributed by atoms with Crippen LogP contribution < -0.4 is 5.32 Å². The lowest BCUT2D eigenvalue weighted by atomic mass is 9.74. The highest BCUT2D eigenvalue weighted by Gasteiger charge is 2.38. The molecule has 0 aliphatic heterocycles. The Labute approximate surface area is 89.0 Å². The third-order valence-corrected chi connectivity index (χ3v) is 3.94. The van der Waals surface area contributed by atoms with E-state index in [0.717, 1.165) is 6.42 Å². The zero-order valence-corrected chi connectivity index (χ0v) is 10.0. The van der Waals surface area contributed by atoms with E-state index in [1.54, 1.807) is 0 Å². The van der Waals surface area contributed by atoms with Gasteiger partial charge in [0.1, 0.15) is 0 Å². The van der Waals surface area contributed by atoms with Crippen LogP contribution in [0.15, 0.2) is 12.2 Å². The first-order valence-corrected chi connectivity index (χ1v) is 5.96. The molecule has 1 aliphatic carbocycles. The quantitative estimate of drug-likeness (QED) is 0.662. The minimum Gasteiger partial charge on any atom is -0.316 e. The average Bonchev–Trinajstić information content (AvgIpc) is 2.63. The Morgan fingerprint density at radius 3 is 2.36 bits per heavy atom. The summed E-state index contributed by atoms with van der Waals surface area (Å²) < 4.78 is 0. The standard InChI is InChI=1S/C13H25N/c1-5-13(8-6-7-9-13)12(14-4)10-11(2)3/h12,14H,2,5-10H2,1,3-4H3. The van der Waals surface area contributed by atoms with Gasteiger partial charge in [-0.05, 0) is 45.1 Å². The van der Waals surface area contributed by atoms with Gasteiger partial charge < -0.3 is 5.32 Å². The van der Waals surface area contributed by atoms with Crippen LogP contribution in [0, 0.1) is 5.41 Å². The molecule has 0 heterocycles. The molecule has 1 N–H and O–H groups in total. The molecule has 0 spiro atoms. The van der Waals surface area contributed by atoms with Gasteiger partial charge in [0.25, 0.3) is 0 Å². The van der Waals surface area contributed by atoms with Crippen LogP contribution in [0.25, 0.3) is 0 Å². The third-order valence-electron chi connectivity index (χ3n) is 3.94. The van der Waals surface area contributed by atoms with E-state index in [4.69, 9.17) is 0 Å². The SMILES string of the molecule is C=C(C)CC(NC)C1(CC)CCCC1. The van der Waals surface area contributed by atoms with Gasteiger partial charge in [0.05, 0.1) is 0 Å². The van der Waals surface area contributed by atoms with E-state index in [1.807, 2.05) is 0 Å². The van der Waals surface area contributed by atoms with Crippen molar-refractivity contribution in [2.75, 3.05) is 7.05 Å². The monoisotopic (exact) mass is 195 g/mol. The molecule has 1 unspecified atom stereocenters. The normalized spacial score (nSPS) is 22.2. The van der Waals surface area contributed by atoms with Crippen molar-refractivity contribution in [1.29, 1.82) is 0 Å². The van der Waals surface area contributed by atoms with Gasteiger partial charge in [0, 0.05) is 6.04 Å². The molecule has 0 radical (unpaired) electrons. The lowest BCUT2D eigenvalue weighted by molar-refractivity contribution is 0.192. The predicted molar refractivity (Wildman–Crippen MR) is 63.5 cm³/mol. The van der Waals surface area contributed by atoms with Gasteiger partial charge >= 0.3 is 0 Å². The van der Waals surface area contributed by atoms with Gasteiger partial charge in [-0.3, -0.25) is 0 Å². The molecule has 1 nitrogen and oxygen atoms in total. The molecular weight excluding hydrogens is 170 g/mol. The van der Waals surface area contributed by atoms with E-state index in [9.17, 15) is 0 Å². The zero-order valence-electron chi connectivity index (χ0n) is 10.0. The molecule has 14 heavy (non-hydrogen) atoms. The molecule has 0 aromatic heterocycles. The Balaban J connectivity index is 2.68. The van der Waals surface area contributed by atoms with Gasteiger partial charge in [-0.1, -0.05) is 25.3 Å². The van der Waals surface area contributed by atoms with Gasteiger partial charge in [-0.2, -0.15) is 0 Å². The van der Waals surface area contributed by atoms with E-state index in [0.29, 0.717) is 11.5 Å². The predicted octanol–water partition coefficient (Wildman–Crippen LogP) is 3.51. The summed E-state index contributed by atoms with van der Waals surface area (Å²) in [4.78, 5) is 0. The van der Waals surface area contributed by atoms with Gasteiger partial charge in [0.15, 0.2) is 0 Å². The molecule has 0 bridgehead atoms. The van der Waals surface area contributed by atoms with Crippen molar-refractivity contribution in [2.24, 2.45) is 5.41 Å².